The number of hydrogen-bond acceptors (Lipinski definition) is 5. The number of nitrogens with zero attached hydrogens (tertiary/aromatic N) is 5. The van der Waals surface area contributed by atoms with E-state index in [9.17, 15) is 14.4 Å². The number of imidazole rings is 1. The van der Waals surface area contributed by atoms with E-state index in [1.54, 1.807) is 14.1 Å². The topological polar surface area (TPSA) is 91.4 Å². The molecule has 0 N–H and O–H groups in total. The third-order valence-corrected chi connectivity index (χ3v) is 4.61. The van der Waals surface area contributed by atoms with Gasteiger partial charge in [0, 0.05) is 21.1 Å². The highest BCUT2D eigenvalue weighted by Gasteiger charge is 2.18. The highest BCUT2D eigenvalue weighted by atomic mass is 16.5. The Morgan fingerprint density at radius 3 is 2.71 bits per heavy atom. The van der Waals surface area contributed by atoms with Crippen LogP contribution in [0.5, 0.6) is 5.75 Å². The van der Waals surface area contributed by atoms with Gasteiger partial charge in [-0.3, -0.25) is 14.2 Å². The van der Waals surface area contributed by atoms with Crippen LogP contribution in [0.2, 0.25) is 0 Å². The minimum atomic E-state index is -0.575. The lowest BCUT2D eigenvalue weighted by Crippen LogP contribution is -2.44. The molecule has 0 fully saturated rings. The molecule has 0 unspecified atom stereocenters. The van der Waals surface area contributed by atoms with Crippen LogP contribution in [0.4, 0.5) is 0 Å². The number of aryl methyl sites for hydroxylation is 3. The van der Waals surface area contributed by atoms with E-state index < -0.39 is 11.2 Å². The number of amides is 1. The smallest absolute Gasteiger partial charge is 0.332 e. The zero-order valence-electron chi connectivity index (χ0n) is 16.4. The molecule has 0 atom stereocenters. The van der Waals surface area contributed by atoms with Crippen molar-refractivity contribution >= 4 is 17.1 Å². The van der Waals surface area contributed by atoms with E-state index in [0.29, 0.717) is 18.8 Å². The molecule has 9 nitrogen and oxygen atoms in total. The molecule has 0 saturated heterocycles. The van der Waals surface area contributed by atoms with Crippen molar-refractivity contribution in [1.82, 2.24) is 23.6 Å². The predicted molar refractivity (Wildman–Crippen MR) is 105 cm³/mol. The number of benzene rings is 1. The van der Waals surface area contributed by atoms with Crippen molar-refractivity contribution in [2.75, 3.05) is 20.2 Å². The van der Waals surface area contributed by atoms with Crippen LogP contribution in [0.25, 0.3) is 11.2 Å². The molecule has 0 saturated carbocycles. The van der Waals surface area contributed by atoms with Crippen LogP contribution in [-0.2, 0) is 25.4 Å². The van der Waals surface area contributed by atoms with Crippen molar-refractivity contribution in [2.24, 2.45) is 14.1 Å². The zero-order chi connectivity index (χ0) is 20.4. The van der Waals surface area contributed by atoms with Crippen molar-refractivity contribution < 1.29 is 9.53 Å². The molecule has 1 aromatic carbocycles. The average molecular weight is 385 g/mol. The van der Waals surface area contributed by atoms with Gasteiger partial charge in [0.15, 0.2) is 11.2 Å². The van der Waals surface area contributed by atoms with E-state index in [1.807, 2.05) is 31.2 Å². The summed E-state index contributed by atoms with van der Waals surface area (Å²) < 4.78 is 9.39. The van der Waals surface area contributed by atoms with Gasteiger partial charge >= 0.3 is 5.69 Å². The summed E-state index contributed by atoms with van der Waals surface area (Å²) in [5.74, 6) is 0.376. The van der Waals surface area contributed by atoms with Gasteiger partial charge in [-0.15, -0.1) is 0 Å². The minimum absolute atomic E-state index is 0.278. The monoisotopic (exact) mass is 385 g/mol. The maximum absolute atomic E-state index is 12.7. The van der Waals surface area contributed by atoms with E-state index >= 15 is 0 Å². The number of rotatable bonds is 6. The van der Waals surface area contributed by atoms with E-state index in [-0.39, 0.29) is 18.0 Å². The maximum Gasteiger partial charge on any atom is 0.332 e. The van der Waals surface area contributed by atoms with Gasteiger partial charge in [-0.25, -0.2) is 14.3 Å². The largest absolute Gasteiger partial charge is 0.492 e. The lowest BCUT2D eigenvalue weighted by molar-refractivity contribution is -0.131. The Morgan fingerprint density at radius 2 is 2.00 bits per heavy atom. The minimum Gasteiger partial charge on any atom is -0.492 e. The van der Waals surface area contributed by atoms with E-state index in [1.165, 1.54) is 27.4 Å². The fourth-order valence-corrected chi connectivity index (χ4v) is 2.92. The highest BCUT2D eigenvalue weighted by Crippen LogP contribution is 2.12. The molecule has 0 spiro atoms. The van der Waals surface area contributed by atoms with Crippen molar-refractivity contribution in [3.63, 3.8) is 0 Å². The Balaban J connectivity index is 1.71. The van der Waals surface area contributed by atoms with Gasteiger partial charge in [0.05, 0.1) is 12.9 Å². The van der Waals surface area contributed by atoms with Crippen LogP contribution < -0.4 is 16.0 Å². The number of aromatic nitrogens is 4. The summed E-state index contributed by atoms with van der Waals surface area (Å²) in [4.78, 5) is 43.2. The van der Waals surface area contributed by atoms with Crippen molar-refractivity contribution in [3.05, 3.63) is 57.0 Å². The van der Waals surface area contributed by atoms with Crippen LogP contribution in [0.3, 0.4) is 0 Å². The number of ether oxygens (including phenoxy) is 1. The van der Waals surface area contributed by atoms with Crippen molar-refractivity contribution in [1.29, 1.82) is 0 Å². The second kappa shape index (κ2) is 7.71. The molecule has 0 aliphatic carbocycles. The van der Waals surface area contributed by atoms with Gasteiger partial charge in [-0.1, -0.05) is 12.1 Å². The lowest BCUT2D eigenvalue weighted by atomic mass is 10.2. The Morgan fingerprint density at radius 1 is 1.25 bits per heavy atom. The van der Waals surface area contributed by atoms with Crippen LogP contribution in [0.1, 0.15) is 5.56 Å². The quantitative estimate of drug-likeness (QED) is 0.608. The van der Waals surface area contributed by atoms with E-state index in [2.05, 4.69) is 4.98 Å². The normalized spacial score (nSPS) is 11.0. The summed E-state index contributed by atoms with van der Waals surface area (Å²) >= 11 is 0. The molecule has 28 heavy (non-hydrogen) atoms. The molecule has 3 aromatic rings. The third-order valence-electron chi connectivity index (χ3n) is 4.61. The van der Waals surface area contributed by atoms with E-state index in [4.69, 9.17) is 4.74 Å². The second-order valence-corrected chi connectivity index (χ2v) is 6.74. The molecule has 3 rings (SSSR count). The van der Waals surface area contributed by atoms with Gasteiger partial charge < -0.3 is 14.2 Å². The number of likely N-dealkylation sites (N-methyl/N-ethyl adjacent to an activating group) is 1. The third kappa shape index (κ3) is 3.68. The number of carbonyl (C=O) groups excluding carboxylic acids is 1. The molecule has 0 aliphatic heterocycles. The summed E-state index contributed by atoms with van der Waals surface area (Å²) in [5, 5.41) is 0. The van der Waals surface area contributed by atoms with E-state index in [0.717, 1.165) is 15.9 Å². The van der Waals surface area contributed by atoms with Crippen LogP contribution in [-0.4, -0.2) is 49.7 Å². The number of fused-ring (bicyclic) bond motifs is 1. The van der Waals surface area contributed by atoms with Gasteiger partial charge in [0.25, 0.3) is 5.56 Å². The molecule has 2 aromatic heterocycles. The fraction of sp³-hybridized carbons (Fsp3) is 0.368. The SMILES string of the molecule is Cc1cccc(OCCN(C)C(=O)Cn2c(=O)c3c(ncn3C)n(C)c2=O)c1. The Hall–Kier alpha value is -3.36. The molecule has 2 heterocycles. The number of carbonyl (C=O) groups is 1. The van der Waals surface area contributed by atoms with Gasteiger partial charge in [0.2, 0.25) is 5.91 Å². The first-order chi connectivity index (χ1) is 13.3. The standard InChI is InChI=1S/C19H23N5O4/c1-13-6-5-7-14(10-13)28-9-8-21(2)15(25)11-24-18(26)16-17(20-12-22(16)3)23(4)19(24)27/h5-7,10,12H,8-9,11H2,1-4H3. The van der Waals surface area contributed by atoms with Crippen LogP contribution >= 0.6 is 0 Å². The van der Waals surface area contributed by atoms with Gasteiger partial charge in [0.1, 0.15) is 18.9 Å². The zero-order valence-corrected chi connectivity index (χ0v) is 16.4. The molecular formula is C19H23N5O4. The number of hydrogen-bond donors (Lipinski definition) is 0. The Bertz CT molecular complexity index is 1140. The predicted octanol–water partition coefficient (Wildman–Crippen LogP) is 0.280. The Kier molecular flexibility index (Phi) is 5.34. The Labute approximate surface area is 161 Å². The van der Waals surface area contributed by atoms with Gasteiger partial charge in [-0.2, -0.15) is 0 Å². The summed E-state index contributed by atoms with van der Waals surface area (Å²) in [5.41, 5.74) is 0.550. The second-order valence-electron chi connectivity index (χ2n) is 6.74. The molecular weight excluding hydrogens is 362 g/mol. The lowest BCUT2D eigenvalue weighted by Gasteiger charge is -2.18. The van der Waals surface area contributed by atoms with Gasteiger partial charge in [-0.05, 0) is 24.6 Å². The van der Waals surface area contributed by atoms with Crippen LogP contribution in [0.15, 0.2) is 40.2 Å². The van der Waals surface area contributed by atoms with Crippen molar-refractivity contribution in [2.45, 2.75) is 13.5 Å². The first-order valence-electron chi connectivity index (χ1n) is 8.84. The first kappa shape index (κ1) is 19.4. The molecule has 0 aliphatic rings. The summed E-state index contributed by atoms with van der Waals surface area (Å²) in [6, 6.07) is 7.63. The molecule has 0 bridgehead atoms. The summed E-state index contributed by atoms with van der Waals surface area (Å²) in [7, 11) is 4.81. The molecule has 9 heteroatoms. The molecule has 1 amide bonds. The fourth-order valence-electron chi connectivity index (χ4n) is 2.92. The average Bonchev–Trinajstić information content (AvgIpc) is 3.05. The van der Waals surface area contributed by atoms with Crippen molar-refractivity contribution in [3.8, 4) is 5.75 Å². The summed E-state index contributed by atoms with van der Waals surface area (Å²) in [6.45, 7) is 2.27. The summed E-state index contributed by atoms with van der Waals surface area (Å²) in [6.07, 6.45) is 1.46. The molecule has 148 valence electrons. The maximum atomic E-state index is 12.7. The van der Waals surface area contributed by atoms with Crippen LogP contribution in [0, 0.1) is 6.92 Å². The highest BCUT2D eigenvalue weighted by molar-refractivity contribution is 5.76. The first-order valence-corrected chi connectivity index (χ1v) is 8.84. The molecule has 0 radical (unpaired) electrons.